The molecule has 1 aliphatic heterocycles. The maximum atomic E-state index is 9.36. The molecule has 2 N–H and O–H groups in total. The van der Waals surface area contributed by atoms with Crippen LogP contribution in [0.4, 0.5) is 11.6 Å². The van der Waals surface area contributed by atoms with Crippen molar-refractivity contribution in [2.24, 2.45) is 0 Å². The normalized spacial score (nSPS) is 21.3. The second-order valence-electron chi connectivity index (χ2n) is 3.42. The molecule has 1 saturated heterocycles. The standard InChI is InChI=1S/C9H14N4O/c1-10-8-2-3-9(12-11-8)13-5-4-7(14)6-13/h2-3,7,14H,4-6H2,1H3,(H,10,11). The van der Waals surface area contributed by atoms with Crippen LogP contribution < -0.4 is 10.2 Å². The van der Waals surface area contributed by atoms with Gasteiger partial charge < -0.3 is 15.3 Å². The molecular weight excluding hydrogens is 180 g/mol. The topological polar surface area (TPSA) is 61.3 Å². The van der Waals surface area contributed by atoms with Crippen LogP contribution in [0.15, 0.2) is 12.1 Å². The first kappa shape index (κ1) is 9.21. The van der Waals surface area contributed by atoms with Gasteiger partial charge in [-0.25, -0.2) is 0 Å². The third-order valence-electron chi connectivity index (χ3n) is 2.39. The van der Waals surface area contributed by atoms with E-state index in [4.69, 9.17) is 0 Å². The van der Waals surface area contributed by atoms with Gasteiger partial charge in [-0.2, -0.15) is 0 Å². The van der Waals surface area contributed by atoms with Crippen molar-refractivity contribution >= 4 is 11.6 Å². The van der Waals surface area contributed by atoms with Gasteiger partial charge in [0.2, 0.25) is 0 Å². The maximum absolute atomic E-state index is 9.36. The van der Waals surface area contributed by atoms with E-state index >= 15 is 0 Å². The average molecular weight is 194 g/mol. The van der Waals surface area contributed by atoms with Crippen molar-refractivity contribution in [3.63, 3.8) is 0 Å². The second-order valence-corrected chi connectivity index (χ2v) is 3.42. The van der Waals surface area contributed by atoms with Crippen LogP contribution >= 0.6 is 0 Å². The second kappa shape index (κ2) is 3.79. The highest BCUT2D eigenvalue weighted by atomic mass is 16.3. The summed E-state index contributed by atoms with van der Waals surface area (Å²) in [4.78, 5) is 2.04. The zero-order valence-corrected chi connectivity index (χ0v) is 8.14. The molecule has 5 nitrogen and oxygen atoms in total. The summed E-state index contributed by atoms with van der Waals surface area (Å²) in [6.45, 7) is 1.52. The van der Waals surface area contributed by atoms with E-state index in [0.717, 1.165) is 24.6 Å². The van der Waals surface area contributed by atoms with E-state index in [1.54, 1.807) is 0 Å². The molecule has 1 atom stereocenters. The fourth-order valence-electron chi connectivity index (χ4n) is 1.58. The molecule has 0 aliphatic carbocycles. The highest BCUT2D eigenvalue weighted by molar-refractivity contribution is 5.43. The SMILES string of the molecule is CNc1ccc(N2CCC(O)C2)nn1. The highest BCUT2D eigenvalue weighted by Crippen LogP contribution is 2.17. The smallest absolute Gasteiger partial charge is 0.151 e. The molecule has 0 aromatic carbocycles. The van der Waals surface area contributed by atoms with Crippen LogP contribution in [0.25, 0.3) is 0 Å². The first-order valence-corrected chi connectivity index (χ1v) is 4.74. The Bertz CT molecular complexity index is 300. The molecule has 0 bridgehead atoms. The third-order valence-corrected chi connectivity index (χ3v) is 2.39. The fourth-order valence-corrected chi connectivity index (χ4v) is 1.58. The monoisotopic (exact) mass is 194 g/mol. The van der Waals surface area contributed by atoms with Crippen LogP contribution in [0.5, 0.6) is 0 Å². The van der Waals surface area contributed by atoms with E-state index in [1.165, 1.54) is 0 Å². The Balaban J connectivity index is 2.09. The zero-order valence-electron chi connectivity index (χ0n) is 8.14. The summed E-state index contributed by atoms with van der Waals surface area (Å²) < 4.78 is 0. The number of aliphatic hydroxyl groups excluding tert-OH is 1. The van der Waals surface area contributed by atoms with Gasteiger partial charge in [0.1, 0.15) is 5.82 Å². The Morgan fingerprint density at radius 3 is 2.86 bits per heavy atom. The van der Waals surface area contributed by atoms with E-state index in [0.29, 0.717) is 6.54 Å². The molecular formula is C9H14N4O. The van der Waals surface area contributed by atoms with Crippen LogP contribution in [0.1, 0.15) is 6.42 Å². The lowest BCUT2D eigenvalue weighted by Gasteiger charge is -2.15. The molecule has 2 heterocycles. The van der Waals surface area contributed by atoms with Gasteiger partial charge in [-0.15, -0.1) is 10.2 Å². The van der Waals surface area contributed by atoms with Gasteiger partial charge >= 0.3 is 0 Å². The van der Waals surface area contributed by atoms with Gasteiger partial charge in [-0.1, -0.05) is 0 Å². The van der Waals surface area contributed by atoms with Crippen molar-refractivity contribution in [1.29, 1.82) is 0 Å². The van der Waals surface area contributed by atoms with Crippen molar-refractivity contribution in [2.75, 3.05) is 30.4 Å². The molecule has 76 valence electrons. The first-order valence-electron chi connectivity index (χ1n) is 4.74. The van der Waals surface area contributed by atoms with Gasteiger partial charge in [-0.3, -0.25) is 0 Å². The summed E-state index contributed by atoms with van der Waals surface area (Å²) in [5.74, 6) is 1.59. The molecule has 5 heteroatoms. The summed E-state index contributed by atoms with van der Waals surface area (Å²) in [5.41, 5.74) is 0. The lowest BCUT2D eigenvalue weighted by molar-refractivity contribution is 0.198. The van der Waals surface area contributed by atoms with Crippen LogP contribution in [0, 0.1) is 0 Å². The third kappa shape index (κ3) is 1.77. The summed E-state index contributed by atoms with van der Waals surface area (Å²) in [6, 6.07) is 3.80. The fraction of sp³-hybridized carbons (Fsp3) is 0.556. The number of nitrogens with one attached hydrogen (secondary N) is 1. The van der Waals surface area contributed by atoms with Crippen LogP contribution in [-0.2, 0) is 0 Å². The predicted octanol–water partition coefficient (Wildman–Crippen LogP) is 0.0893. The molecule has 1 aliphatic rings. The molecule has 1 unspecified atom stereocenters. The molecule has 1 aromatic rings. The molecule has 0 radical (unpaired) electrons. The van der Waals surface area contributed by atoms with Gasteiger partial charge in [0.05, 0.1) is 6.10 Å². The minimum atomic E-state index is -0.222. The van der Waals surface area contributed by atoms with Crippen LogP contribution in [0.3, 0.4) is 0 Å². The molecule has 0 saturated carbocycles. The van der Waals surface area contributed by atoms with E-state index in [1.807, 2.05) is 24.1 Å². The van der Waals surface area contributed by atoms with Crippen LogP contribution in [0.2, 0.25) is 0 Å². The summed E-state index contributed by atoms with van der Waals surface area (Å²) in [6.07, 6.45) is 0.593. The van der Waals surface area contributed by atoms with Gasteiger partial charge in [0.25, 0.3) is 0 Å². The number of nitrogens with zero attached hydrogens (tertiary/aromatic N) is 3. The van der Waals surface area contributed by atoms with Crippen molar-refractivity contribution in [1.82, 2.24) is 10.2 Å². The Labute approximate surface area is 82.8 Å². The zero-order chi connectivity index (χ0) is 9.97. The average Bonchev–Trinajstić information content (AvgIpc) is 2.65. The summed E-state index contributed by atoms with van der Waals surface area (Å²) >= 11 is 0. The van der Waals surface area contributed by atoms with E-state index < -0.39 is 0 Å². The number of hydrogen-bond acceptors (Lipinski definition) is 5. The van der Waals surface area contributed by atoms with Gasteiger partial charge in [0.15, 0.2) is 5.82 Å². The quantitative estimate of drug-likeness (QED) is 0.698. The lowest BCUT2D eigenvalue weighted by Crippen LogP contribution is -2.22. The highest BCUT2D eigenvalue weighted by Gasteiger charge is 2.21. The van der Waals surface area contributed by atoms with Crippen molar-refractivity contribution in [3.8, 4) is 0 Å². The molecule has 0 amide bonds. The Morgan fingerprint density at radius 2 is 2.36 bits per heavy atom. The lowest BCUT2D eigenvalue weighted by atomic mass is 10.3. The first-order chi connectivity index (χ1) is 6.79. The summed E-state index contributed by atoms with van der Waals surface area (Å²) in [5, 5.41) is 20.3. The predicted molar refractivity (Wildman–Crippen MR) is 54.4 cm³/mol. The largest absolute Gasteiger partial charge is 0.391 e. The van der Waals surface area contributed by atoms with E-state index in [2.05, 4.69) is 15.5 Å². The number of anilines is 2. The number of β-amino-alcohol motifs (C(OH)–C–C–N with tert-alkyl or cyclic N) is 1. The Hall–Kier alpha value is -1.36. The van der Waals surface area contributed by atoms with Crippen molar-refractivity contribution < 1.29 is 5.11 Å². The Kier molecular flexibility index (Phi) is 2.49. The van der Waals surface area contributed by atoms with E-state index in [9.17, 15) is 5.11 Å². The van der Waals surface area contributed by atoms with Crippen molar-refractivity contribution in [3.05, 3.63) is 12.1 Å². The van der Waals surface area contributed by atoms with Crippen molar-refractivity contribution in [2.45, 2.75) is 12.5 Å². The van der Waals surface area contributed by atoms with E-state index in [-0.39, 0.29) is 6.10 Å². The maximum Gasteiger partial charge on any atom is 0.151 e. The number of aromatic nitrogens is 2. The molecule has 1 fully saturated rings. The van der Waals surface area contributed by atoms with Crippen LogP contribution in [-0.4, -0.2) is 41.5 Å². The van der Waals surface area contributed by atoms with Gasteiger partial charge in [-0.05, 0) is 18.6 Å². The minimum Gasteiger partial charge on any atom is -0.391 e. The minimum absolute atomic E-state index is 0.222. The molecule has 0 spiro atoms. The van der Waals surface area contributed by atoms with Gasteiger partial charge in [0, 0.05) is 20.1 Å². The summed E-state index contributed by atoms with van der Waals surface area (Å²) in [7, 11) is 1.81. The Morgan fingerprint density at radius 1 is 1.50 bits per heavy atom. The molecule has 1 aromatic heterocycles. The number of aliphatic hydroxyl groups is 1. The number of rotatable bonds is 2. The number of hydrogen-bond donors (Lipinski definition) is 2. The molecule has 14 heavy (non-hydrogen) atoms. The molecule has 2 rings (SSSR count).